The van der Waals surface area contributed by atoms with Gasteiger partial charge in [-0.1, -0.05) is 49.7 Å². The minimum atomic E-state index is -0.296. The molecule has 0 aliphatic rings. The number of rotatable bonds is 4. The molecule has 0 spiro atoms. The summed E-state index contributed by atoms with van der Waals surface area (Å²) in [4.78, 5) is 12.7. The fourth-order valence-electron chi connectivity index (χ4n) is 2.73. The molecule has 1 aromatic heterocycles. The number of fused-ring (bicyclic) bond motifs is 1. The van der Waals surface area contributed by atoms with Crippen molar-refractivity contribution in [1.29, 1.82) is 0 Å². The number of nitrogens with zero attached hydrogens (tertiary/aromatic N) is 3. The molecule has 0 fully saturated rings. The van der Waals surface area contributed by atoms with E-state index in [1.54, 1.807) is 28.9 Å². The molecular weight excluding hydrogens is 336 g/mol. The molecular formula is C19H21ClN4O. The Labute approximate surface area is 152 Å². The van der Waals surface area contributed by atoms with E-state index in [2.05, 4.69) is 36.4 Å². The SMILES string of the molecule is CC(C)(C)CC(NC(=O)c1ccc(Cl)cc1)n1nnc2ccccc21. The summed E-state index contributed by atoms with van der Waals surface area (Å²) in [5.74, 6) is -0.162. The molecule has 1 heterocycles. The van der Waals surface area contributed by atoms with E-state index in [0.717, 1.165) is 17.5 Å². The standard InChI is InChI=1S/C19H21ClN4O/c1-19(2,3)12-17(21-18(25)13-8-10-14(20)11-9-13)24-16-7-5-4-6-15(16)22-23-24/h4-11,17H,12H2,1-3H3,(H,21,25). The second-order valence-electron chi connectivity index (χ2n) is 7.28. The zero-order valence-electron chi connectivity index (χ0n) is 14.5. The van der Waals surface area contributed by atoms with Gasteiger partial charge in [0.2, 0.25) is 0 Å². The first-order valence-corrected chi connectivity index (χ1v) is 8.58. The van der Waals surface area contributed by atoms with Crippen molar-refractivity contribution in [2.24, 2.45) is 5.41 Å². The molecule has 6 heteroatoms. The summed E-state index contributed by atoms with van der Waals surface area (Å²) >= 11 is 5.90. The zero-order valence-corrected chi connectivity index (χ0v) is 15.3. The number of amides is 1. The van der Waals surface area contributed by atoms with Crippen LogP contribution in [0.3, 0.4) is 0 Å². The Hall–Kier alpha value is -2.40. The Bertz CT molecular complexity index is 880. The molecule has 130 valence electrons. The molecule has 1 N–H and O–H groups in total. The summed E-state index contributed by atoms with van der Waals surface area (Å²) < 4.78 is 1.79. The first-order valence-electron chi connectivity index (χ1n) is 8.20. The highest BCUT2D eigenvalue weighted by molar-refractivity contribution is 6.30. The van der Waals surface area contributed by atoms with Crippen LogP contribution in [-0.4, -0.2) is 20.9 Å². The lowest BCUT2D eigenvalue weighted by Crippen LogP contribution is -2.35. The monoisotopic (exact) mass is 356 g/mol. The Balaban J connectivity index is 1.92. The smallest absolute Gasteiger partial charge is 0.252 e. The fourth-order valence-corrected chi connectivity index (χ4v) is 2.86. The van der Waals surface area contributed by atoms with Gasteiger partial charge in [-0.25, -0.2) is 4.68 Å². The van der Waals surface area contributed by atoms with E-state index in [-0.39, 0.29) is 17.5 Å². The molecule has 0 aliphatic carbocycles. The van der Waals surface area contributed by atoms with Gasteiger partial charge in [0.1, 0.15) is 11.7 Å². The van der Waals surface area contributed by atoms with Crippen LogP contribution in [0.25, 0.3) is 11.0 Å². The topological polar surface area (TPSA) is 59.8 Å². The number of para-hydroxylation sites is 1. The van der Waals surface area contributed by atoms with Crippen LogP contribution >= 0.6 is 11.6 Å². The lowest BCUT2D eigenvalue weighted by Gasteiger charge is -2.27. The predicted octanol–water partition coefficient (Wildman–Crippen LogP) is 4.45. The van der Waals surface area contributed by atoms with Gasteiger partial charge in [0, 0.05) is 10.6 Å². The van der Waals surface area contributed by atoms with Gasteiger partial charge in [-0.2, -0.15) is 0 Å². The molecule has 1 unspecified atom stereocenters. The van der Waals surface area contributed by atoms with Crippen LogP contribution in [0.5, 0.6) is 0 Å². The molecule has 0 bridgehead atoms. The van der Waals surface area contributed by atoms with E-state index in [4.69, 9.17) is 11.6 Å². The number of carbonyl (C=O) groups is 1. The van der Waals surface area contributed by atoms with Gasteiger partial charge < -0.3 is 5.32 Å². The normalized spacial score (nSPS) is 13.0. The Morgan fingerprint density at radius 3 is 2.52 bits per heavy atom. The maximum Gasteiger partial charge on any atom is 0.252 e. The number of nitrogens with one attached hydrogen (secondary N) is 1. The van der Waals surface area contributed by atoms with Crippen molar-refractivity contribution in [3.05, 3.63) is 59.1 Å². The van der Waals surface area contributed by atoms with Crippen LogP contribution in [0.15, 0.2) is 48.5 Å². The summed E-state index contributed by atoms with van der Waals surface area (Å²) in [6.45, 7) is 6.40. The van der Waals surface area contributed by atoms with Gasteiger partial charge in [0.15, 0.2) is 0 Å². The molecule has 5 nitrogen and oxygen atoms in total. The van der Waals surface area contributed by atoms with Gasteiger partial charge in [-0.15, -0.1) is 5.10 Å². The second kappa shape index (κ2) is 6.84. The highest BCUT2D eigenvalue weighted by atomic mass is 35.5. The molecule has 3 rings (SSSR count). The van der Waals surface area contributed by atoms with Gasteiger partial charge in [0.25, 0.3) is 5.91 Å². The number of benzene rings is 2. The van der Waals surface area contributed by atoms with Gasteiger partial charge in [-0.3, -0.25) is 4.79 Å². The third-order valence-corrected chi connectivity index (χ3v) is 4.13. The summed E-state index contributed by atoms with van der Waals surface area (Å²) in [6, 6.07) is 14.6. The molecule has 1 amide bonds. The molecule has 0 radical (unpaired) electrons. The summed E-state index contributed by atoms with van der Waals surface area (Å²) in [5.41, 5.74) is 2.27. The van der Waals surface area contributed by atoms with E-state index < -0.39 is 0 Å². The van der Waals surface area contributed by atoms with Crippen molar-refractivity contribution in [2.45, 2.75) is 33.4 Å². The molecule has 0 aliphatic heterocycles. The molecule has 3 aromatic rings. The van der Waals surface area contributed by atoms with Gasteiger partial charge in [0.05, 0.1) is 5.52 Å². The Morgan fingerprint density at radius 2 is 1.84 bits per heavy atom. The van der Waals surface area contributed by atoms with Crippen LogP contribution in [0, 0.1) is 5.41 Å². The minimum absolute atomic E-state index is 0.00496. The predicted molar refractivity (Wildman–Crippen MR) is 99.6 cm³/mol. The van der Waals surface area contributed by atoms with Crippen molar-refractivity contribution in [1.82, 2.24) is 20.3 Å². The van der Waals surface area contributed by atoms with E-state index >= 15 is 0 Å². The third-order valence-electron chi connectivity index (χ3n) is 3.88. The number of hydrogen-bond acceptors (Lipinski definition) is 3. The van der Waals surface area contributed by atoms with Crippen molar-refractivity contribution >= 4 is 28.5 Å². The fraction of sp³-hybridized carbons (Fsp3) is 0.316. The average molecular weight is 357 g/mol. The maximum atomic E-state index is 12.7. The highest BCUT2D eigenvalue weighted by Crippen LogP contribution is 2.28. The van der Waals surface area contributed by atoms with E-state index in [1.807, 2.05) is 24.3 Å². The lowest BCUT2D eigenvalue weighted by molar-refractivity contribution is 0.0897. The summed E-state index contributed by atoms with van der Waals surface area (Å²) in [7, 11) is 0. The number of carbonyl (C=O) groups excluding carboxylic acids is 1. The Kier molecular flexibility index (Phi) is 4.77. The van der Waals surface area contributed by atoms with Gasteiger partial charge >= 0.3 is 0 Å². The van der Waals surface area contributed by atoms with Crippen molar-refractivity contribution in [2.75, 3.05) is 0 Å². The zero-order chi connectivity index (χ0) is 18.0. The average Bonchev–Trinajstić information content (AvgIpc) is 2.97. The van der Waals surface area contributed by atoms with Crippen molar-refractivity contribution in [3.63, 3.8) is 0 Å². The quantitative estimate of drug-likeness (QED) is 0.751. The molecule has 0 saturated heterocycles. The summed E-state index contributed by atoms with van der Waals surface area (Å²) in [5, 5.41) is 12.2. The minimum Gasteiger partial charge on any atom is -0.330 e. The number of halogens is 1. The van der Waals surface area contributed by atoms with Crippen LogP contribution < -0.4 is 5.32 Å². The van der Waals surface area contributed by atoms with Crippen LogP contribution in [-0.2, 0) is 0 Å². The van der Waals surface area contributed by atoms with Crippen molar-refractivity contribution in [3.8, 4) is 0 Å². The first kappa shape index (κ1) is 17.4. The van der Waals surface area contributed by atoms with E-state index in [0.29, 0.717) is 10.6 Å². The largest absolute Gasteiger partial charge is 0.330 e. The highest BCUT2D eigenvalue weighted by Gasteiger charge is 2.24. The van der Waals surface area contributed by atoms with Crippen LogP contribution in [0.2, 0.25) is 5.02 Å². The van der Waals surface area contributed by atoms with Crippen LogP contribution in [0.4, 0.5) is 0 Å². The maximum absolute atomic E-state index is 12.7. The van der Waals surface area contributed by atoms with E-state index in [1.165, 1.54) is 0 Å². The van der Waals surface area contributed by atoms with Crippen LogP contribution in [0.1, 0.15) is 43.7 Å². The van der Waals surface area contributed by atoms with Crippen molar-refractivity contribution < 1.29 is 4.79 Å². The van der Waals surface area contributed by atoms with E-state index in [9.17, 15) is 4.79 Å². The number of aromatic nitrogens is 3. The molecule has 2 aromatic carbocycles. The molecule has 1 atom stereocenters. The Morgan fingerprint density at radius 1 is 1.16 bits per heavy atom. The van der Waals surface area contributed by atoms with Gasteiger partial charge in [-0.05, 0) is 48.2 Å². The second-order valence-corrected chi connectivity index (χ2v) is 7.72. The number of hydrogen-bond donors (Lipinski definition) is 1. The lowest BCUT2D eigenvalue weighted by atomic mass is 9.90. The molecule has 25 heavy (non-hydrogen) atoms. The summed E-state index contributed by atoms with van der Waals surface area (Å²) in [6.07, 6.45) is 0.426. The third kappa shape index (κ3) is 4.17. The first-order chi connectivity index (χ1) is 11.8. The molecule has 0 saturated carbocycles.